The number of aryl methyl sites for hydroxylation is 1. The fraction of sp³-hybridized carbons (Fsp3) is 0.136. The quantitative estimate of drug-likeness (QED) is 0.568. The van der Waals surface area contributed by atoms with E-state index in [-0.39, 0.29) is 11.8 Å². The van der Waals surface area contributed by atoms with Crippen molar-refractivity contribution in [3.8, 4) is 5.82 Å². The second-order valence-electron chi connectivity index (χ2n) is 6.99. The lowest BCUT2D eigenvalue weighted by atomic mass is 10.1. The van der Waals surface area contributed by atoms with Crippen molar-refractivity contribution in [1.82, 2.24) is 24.4 Å². The SMILES string of the molecule is Cc1nc(C(=O)N(C)C)ccc1C(=O)Nc1ccc(-n2cnc3ccccc32)nc1. The van der Waals surface area contributed by atoms with Crippen molar-refractivity contribution in [1.29, 1.82) is 0 Å². The Kier molecular flexibility index (Phi) is 4.97. The van der Waals surface area contributed by atoms with Crippen LogP contribution in [0.15, 0.2) is 61.1 Å². The number of fused-ring (bicyclic) bond motifs is 1. The maximum atomic E-state index is 12.6. The van der Waals surface area contributed by atoms with Gasteiger partial charge in [0.05, 0.1) is 34.2 Å². The minimum absolute atomic E-state index is 0.211. The first kappa shape index (κ1) is 19.3. The Labute approximate surface area is 173 Å². The van der Waals surface area contributed by atoms with Crippen LogP contribution in [-0.2, 0) is 0 Å². The minimum Gasteiger partial charge on any atom is -0.343 e. The lowest BCUT2D eigenvalue weighted by Gasteiger charge is -2.12. The number of benzene rings is 1. The number of imidazole rings is 1. The first-order valence-corrected chi connectivity index (χ1v) is 9.33. The molecule has 150 valence electrons. The number of anilines is 1. The van der Waals surface area contributed by atoms with Gasteiger partial charge in [0.15, 0.2) is 0 Å². The first-order valence-electron chi connectivity index (χ1n) is 9.33. The minimum atomic E-state index is -0.313. The number of hydrogen-bond donors (Lipinski definition) is 1. The van der Waals surface area contributed by atoms with Crippen LogP contribution < -0.4 is 5.32 Å². The zero-order valence-corrected chi connectivity index (χ0v) is 16.8. The number of amides is 2. The molecule has 1 aromatic carbocycles. The standard InChI is InChI=1S/C22H20N6O2/c1-14-16(9-10-18(25-14)22(30)27(2)3)21(29)26-15-8-11-20(23-12-15)28-13-24-17-6-4-5-7-19(17)28/h4-13H,1-3H3,(H,26,29). The van der Waals surface area contributed by atoms with Crippen LogP contribution in [0.1, 0.15) is 26.5 Å². The van der Waals surface area contributed by atoms with Gasteiger partial charge in [-0.3, -0.25) is 14.2 Å². The molecule has 0 radical (unpaired) electrons. The van der Waals surface area contributed by atoms with Gasteiger partial charge in [0, 0.05) is 14.1 Å². The second-order valence-corrected chi connectivity index (χ2v) is 6.99. The summed E-state index contributed by atoms with van der Waals surface area (Å²) in [5.41, 5.74) is 3.57. The Balaban J connectivity index is 1.52. The van der Waals surface area contributed by atoms with Crippen molar-refractivity contribution in [3.05, 3.63) is 78.0 Å². The fourth-order valence-electron chi connectivity index (χ4n) is 3.09. The van der Waals surface area contributed by atoms with E-state index in [4.69, 9.17) is 0 Å². The van der Waals surface area contributed by atoms with Crippen LogP contribution in [-0.4, -0.2) is 50.3 Å². The molecule has 0 saturated carbocycles. The smallest absolute Gasteiger partial charge is 0.271 e. The molecule has 8 nitrogen and oxygen atoms in total. The van der Waals surface area contributed by atoms with E-state index in [0.29, 0.717) is 28.5 Å². The Morgan fingerprint density at radius 3 is 2.50 bits per heavy atom. The molecule has 0 fully saturated rings. The lowest BCUT2D eigenvalue weighted by molar-refractivity contribution is 0.0821. The molecule has 0 aliphatic carbocycles. The van der Waals surface area contributed by atoms with Crippen LogP contribution >= 0.6 is 0 Å². The predicted molar refractivity (Wildman–Crippen MR) is 114 cm³/mol. The molecule has 8 heteroatoms. The summed E-state index contributed by atoms with van der Waals surface area (Å²) in [5.74, 6) is 0.175. The van der Waals surface area contributed by atoms with Crippen LogP contribution in [0.2, 0.25) is 0 Å². The third-order valence-electron chi connectivity index (χ3n) is 4.66. The van der Waals surface area contributed by atoms with Crippen LogP contribution in [0.5, 0.6) is 0 Å². The van der Waals surface area contributed by atoms with E-state index in [1.54, 1.807) is 51.7 Å². The summed E-state index contributed by atoms with van der Waals surface area (Å²) in [5, 5.41) is 2.82. The molecule has 0 aliphatic rings. The first-order chi connectivity index (χ1) is 14.4. The van der Waals surface area contributed by atoms with Crippen molar-refractivity contribution >= 4 is 28.5 Å². The van der Waals surface area contributed by atoms with Gasteiger partial charge in [0.1, 0.15) is 17.8 Å². The Hall–Kier alpha value is -4.07. The Bertz CT molecular complexity index is 1240. The van der Waals surface area contributed by atoms with Crippen LogP contribution in [0.3, 0.4) is 0 Å². The van der Waals surface area contributed by atoms with Gasteiger partial charge in [-0.05, 0) is 43.3 Å². The molecule has 0 bridgehead atoms. The third kappa shape index (κ3) is 3.62. The highest BCUT2D eigenvalue weighted by Crippen LogP contribution is 2.18. The molecule has 30 heavy (non-hydrogen) atoms. The molecule has 1 N–H and O–H groups in total. The number of aromatic nitrogens is 4. The van der Waals surface area contributed by atoms with Crippen molar-refractivity contribution in [2.24, 2.45) is 0 Å². The van der Waals surface area contributed by atoms with E-state index in [1.165, 1.54) is 4.90 Å². The molecule has 0 atom stereocenters. The highest BCUT2D eigenvalue weighted by atomic mass is 16.2. The highest BCUT2D eigenvalue weighted by Gasteiger charge is 2.15. The van der Waals surface area contributed by atoms with E-state index >= 15 is 0 Å². The maximum absolute atomic E-state index is 12.6. The number of pyridine rings is 2. The summed E-state index contributed by atoms with van der Waals surface area (Å²) < 4.78 is 1.88. The highest BCUT2D eigenvalue weighted by molar-refractivity contribution is 6.05. The van der Waals surface area contributed by atoms with E-state index in [2.05, 4.69) is 20.3 Å². The molecule has 4 aromatic rings. The normalized spacial score (nSPS) is 10.8. The number of carbonyl (C=O) groups excluding carboxylic acids is 2. The molecule has 2 amide bonds. The summed E-state index contributed by atoms with van der Waals surface area (Å²) in [4.78, 5) is 39.2. The summed E-state index contributed by atoms with van der Waals surface area (Å²) in [6.45, 7) is 1.70. The molecule has 3 heterocycles. The number of para-hydroxylation sites is 2. The van der Waals surface area contributed by atoms with Gasteiger partial charge in [0.25, 0.3) is 11.8 Å². The largest absolute Gasteiger partial charge is 0.343 e. The van der Waals surface area contributed by atoms with Crippen molar-refractivity contribution in [2.45, 2.75) is 6.92 Å². The van der Waals surface area contributed by atoms with Crippen molar-refractivity contribution in [3.63, 3.8) is 0 Å². The van der Waals surface area contributed by atoms with Crippen molar-refractivity contribution < 1.29 is 9.59 Å². The van der Waals surface area contributed by atoms with E-state index < -0.39 is 0 Å². The van der Waals surface area contributed by atoms with Crippen LogP contribution in [0, 0.1) is 6.92 Å². The maximum Gasteiger partial charge on any atom is 0.271 e. The molecule has 0 spiro atoms. The summed E-state index contributed by atoms with van der Waals surface area (Å²) in [6.07, 6.45) is 3.31. The lowest BCUT2D eigenvalue weighted by Crippen LogP contribution is -2.23. The molecule has 0 saturated heterocycles. The van der Waals surface area contributed by atoms with E-state index in [0.717, 1.165) is 11.0 Å². The zero-order valence-electron chi connectivity index (χ0n) is 16.8. The molecule has 3 aromatic heterocycles. The second kappa shape index (κ2) is 7.75. The van der Waals surface area contributed by atoms with Gasteiger partial charge in [-0.25, -0.2) is 15.0 Å². The summed E-state index contributed by atoms with van der Waals surface area (Å²) >= 11 is 0. The van der Waals surface area contributed by atoms with Gasteiger partial charge < -0.3 is 10.2 Å². The van der Waals surface area contributed by atoms with Crippen molar-refractivity contribution in [2.75, 3.05) is 19.4 Å². The Morgan fingerprint density at radius 2 is 1.80 bits per heavy atom. The monoisotopic (exact) mass is 400 g/mol. The zero-order chi connectivity index (χ0) is 21.3. The van der Waals surface area contributed by atoms with Gasteiger partial charge in [-0.1, -0.05) is 12.1 Å². The topological polar surface area (TPSA) is 93.0 Å². The number of nitrogens with one attached hydrogen (secondary N) is 1. The number of nitrogens with zero attached hydrogens (tertiary/aromatic N) is 5. The van der Waals surface area contributed by atoms with Gasteiger partial charge in [0.2, 0.25) is 0 Å². The number of rotatable bonds is 4. The molecule has 0 unspecified atom stereocenters. The molecular formula is C22H20N6O2. The average Bonchev–Trinajstić information content (AvgIpc) is 3.17. The molecule has 0 aliphatic heterocycles. The van der Waals surface area contributed by atoms with E-state index in [9.17, 15) is 9.59 Å². The third-order valence-corrected chi connectivity index (χ3v) is 4.66. The summed E-state index contributed by atoms with van der Waals surface area (Å²) in [7, 11) is 3.31. The Morgan fingerprint density at radius 1 is 1.00 bits per heavy atom. The van der Waals surface area contributed by atoms with Gasteiger partial charge in [-0.15, -0.1) is 0 Å². The average molecular weight is 400 g/mol. The van der Waals surface area contributed by atoms with Crippen LogP contribution in [0.25, 0.3) is 16.9 Å². The predicted octanol–water partition coefficient (Wildman–Crippen LogP) is 3.08. The van der Waals surface area contributed by atoms with E-state index in [1.807, 2.05) is 34.9 Å². The molecule has 4 rings (SSSR count). The number of hydrogen-bond acceptors (Lipinski definition) is 5. The molecular weight excluding hydrogens is 380 g/mol. The van der Waals surface area contributed by atoms with Gasteiger partial charge in [-0.2, -0.15) is 0 Å². The number of carbonyl (C=O) groups is 2. The van der Waals surface area contributed by atoms with Gasteiger partial charge >= 0.3 is 0 Å². The summed E-state index contributed by atoms with van der Waals surface area (Å²) in [6, 6.07) is 14.5. The fourth-order valence-corrected chi connectivity index (χ4v) is 3.09. The van der Waals surface area contributed by atoms with Crippen LogP contribution in [0.4, 0.5) is 5.69 Å².